The van der Waals surface area contributed by atoms with Crippen molar-refractivity contribution in [3.05, 3.63) is 47.2 Å². The van der Waals surface area contributed by atoms with Crippen molar-refractivity contribution < 1.29 is 4.74 Å². The Kier molecular flexibility index (Phi) is 5.51. The standard InChI is InChI=1S/C25H34N4O/c1-7-29(8-2)14-13-27-25(4)22-16-21-20-15-18(30-6)9-10-23(20)28(5)24(21)17(3)19(22)11-12-26-25/h9-12,15-16,26-27H,7-8,13-14H2,1-6H3. The maximum Gasteiger partial charge on any atom is 0.119 e. The molecule has 5 heteroatoms. The van der Waals surface area contributed by atoms with Gasteiger partial charge in [0, 0.05) is 36.4 Å². The van der Waals surface area contributed by atoms with E-state index in [-0.39, 0.29) is 5.66 Å². The fourth-order valence-electron chi connectivity index (χ4n) is 4.88. The molecule has 0 radical (unpaired) electrons. The van der Waals surface area contributed by atoms with Gasteiger partial charge in [0.15, 0.2) is 0 Å². The lowest BCUT2D eigenvalue weighted by molar-refractivity contribution is 0.260. The third kappa shape index (κ3) is 3.26. The zero-order valence-corrected chi connectivity index (χ0v) is 19.1. The molecule has 1 atom stereocenters. The summed E-state index contributed by atoms with van der Waals surface area (Å²) >= 11 is 0. The molecule has 2 heterocycles. The lowest BCUT2D eigenvalue weighted by Gasteiger charge is -2.37. The second kappa shape index (κ2) is 7.97. The van der Waals surface area contributed by atoms with E-state index in [1.54, 1.807) is 7.11 Å². The van der Waals surface area contributed by atoms with E-state index < -0.39 is 0 Å². The number of nitrogens with one attached hydrogen (secondary N) is 2. The minimum Gasteiger partial charge on any atom is -0.497 e. The smallest absolute Gasteiger partial charge is 0.119 e. The quantitative estimate of drug-likeness (QED) is 0.613. The monoisotopic (exact) mass is 406 g/mol. The molecule has 2 N–H and O–H groups in total. The van der Waals surface area contributed by atoms with Gasteiger partial charge in [0.05, 0.1) is 12.6 Å². The van der Waals surface area contributed by atoms with E-state index in [9.17, 15) is 0 Å². The molecule has 0 saturated heterocycles. The lowest BCUT2D eigenvalue weighted by atomic mass is 9.88. The molecule has 3 aromatic rings. The molecule has 30 heavy (non-hydrogen) atoms. The molecule has 0 fully saturated rings. The van der Waals surface area contributed by atoms with E-state index in [0.29, 0.717) is 0 Å². The fraction of sp³-hybridized carbons (Fsp3) is 0.440. The molecule has 160 valence electrons. The predicted octanol–water partition coefficient (Wildman–Crippen LogP) is 4.33. The van der Waals surface area contributed by atoms with Gasteiger partial charge in [-0.3, -0.25) is 5.32 Å². The lowest BCUT2D eigenvalue weighted by Crippen LogP contribution is -2.53. The topological polar surface area (TPSA) is 41.5 Å². The number of likely N-dealkylation sites (N-methyl/N-ethyl adjacent to an activating group) is 1. The van der Waals surface area contributed by atoms with Crippen LogP contribution in [0.4, 0.5) is 0 Å². The molecule has 0 spiro atoms. The molecular formula is C25H34N4O. The van der Waals surface area contributed by atoms with Crippen LogP contribution < -0.4 is 15.4 Å². The molecule has 0 bridgehead atoms. The first-order valence-electron chi connectivity index (χ1n) is 10.9. The number of methoxy groups -OCH3 is 1. The summed E-state index contributed by atoms with van der Waals surface area (Å²) in [7, 11) is 3.88. The second-order valence-electron chi connectivity index (χ2n) is 8.36. The van der Waals surface area contributed by atoms with E-state index in [1.807, 2.05) is 6.07 Å². The maximum atomic E-state index is 5.51. The van der Waals surface area contributed by atoms with Crippen molar-refractivity contribution in [2.24, 2.45) is 7.05 Å². The van der Waals surface area contributed by atoms with Gasteiger partial charge in [0.25, 0.3) is 0 Å². The van der Waals surface area contributed by atoms with Gasteiger partial charge in [-0.1, -0.05) is 13.8 Å². The van der Waals surface area contributed by atoms with Crippen LogP contribution in [0.2, 0.25) is 0 Å². The van der Waals surface area contributed by atoms with Crippen molar-refractivity contribution in [1.29, 1.82) is 0 Å². The Morgan fingerprint density at radius 1 is 1.17 bits per heavy atom. The second-order valence-corrected chi connectivity index (χ2v) is 8.36. The molecular weight excluding hydrogens is 372 g/mol. The Morgan fingerprint density at radius 3 is 2.63 bits per heavy atom. The average molecular weight is 407 g/mol. The Labute approximate surface area is 179 Å². The Hall–Kier alpha value is -2.50. The third-order valence-corrected chi connectivity index (χ3v) is 6.75. The number of rotatable bonds is 7. The highest BCUT2D eigenvalue weighted by molar-refractivity contribution is 6.10. The molecule has 5 nitrogen and oxygen atoms in total. The first-order valence-corrected chi connectivity index (χ1v) is 10.9. The van der Waals surface area contributed by atoms with Gasteiger partial charge in [0.1, 0.15) is 11.4 Å². The average Bonchev–Trinajstić information content (AvgIpc) is 3.04. The summed E-state index contributed by atoms with van der Waals surface area (Å²) < 4.78 is 7.82. The summed E-state index contributed by atoms with van der Waals surface area (Å²) in [6.45, 7) is 13.0. The molecule has 4 rings (SSSR count). The molecule has 1 aromatic heterocycles. The Balaban J connectivity index is 1.83. The molecule has 1 aliphatic heterocycles. The van der Waals surface area contributed by atoms with Crippen LogP contribution in [0.5, 0.6) is 5.75 Å². The zero-order chi connectivity index (χ0) is 21.5. The van der Waals surface area contributed by atoms with Crippen molar-refractivity contribution in [3.63, 3.8) is 0 Å². The number of hydrogen-bond donors (Lipinski definition) is 2. The number of benzene rings is 2. The number of aryl methyl sites for hydroxylation is 2. The van der Waals surface area contributed by atoms with Crippen molar-refractivity contribution in [2.75, 3.05) is 33.3 Å². The predicted molar refractivity (Wildman–Crippen MR) is 127 cm³/mol. The van der Waals surface area contributed by atoms with E-state index in [4.69, 9.17) is 4.74 Å². The van der Waals surface area contributed by atoms with Gasteiger partial charge in [-0.25, -0.2) is 0 Å². The Morgan fingerprint density at radius 2 is 1.93 bits per heavy atom. The molecule has 1 unspecified atom stereocenters. The summed E-state index contributed by atoms with van der Waals surface area (Å²) in [6.07, 6.45) is 4.29. The van der Waals surface area contributed by atoms with E-state index in [1.165, 1.54) is 38.5 Å². The summed E-state index contributed by atoms with van der Waals surface area (Å²) in [4.78, 5) is 2.45. The minimum atomic E-state index is -0.308. The number of ether oxygens (including phenoxy) is 1. The van der Waals surface area contributed by atoms with Crippen molar-refractivity contribution in [1.82, 2.24) is 20.1 Å². The SMILES string of the molecule is CCN(CC)CCNC1(C)NC=Cc2c1cc1c3cc(OC)ccc3n(C)c1c2C. The van der Waals surface area contributed by atoms with Gasteiger partial charge in [-0.2, -0.15) is 0 Å². The number of aromatic nitrogens is 1. The first kappa shape index (κ1) is 20.8. The third-order valence-electron chi connectivity index (χ3n) is 6.75. The summed E-state index contributed by atoms with van der Waals surface area (Å²) in [5.74, 6) is 0.892. The van der Waals surface area contributed by atoms with Crippen LogP contribution >= 0.6 is 0 Å². The fourth-order valence-corrected chi connectivity index (χ4v) is 4.88. The van der Waals surface area contributed by atoms with Crippen LogP contribution in [0.15, 0.2) is 30.5 Å². The van der Waals surface area contributed by atoms with Gasteiger partial charge >= 0.3 is 0 Å². The summed E-state index contributed by atoms with van der Waals surface area (Å²) in [5, 5.41) is 9.88. The molecule has 0 saturated carbocycles. The van der Waals surface area contributed by atoms with Gasteiger partial charge in [-0.05, 0) is 80.2 Å². The summed E-state index contributed by atoms with van der Waals surface area (Å²) in [6, 6.07) is 8.71. The highest BCUT2D eigenvalue weighted by Crippen LogP contribution is 2.39. The zero-order valence-electron chi connectivity index (χ0n) is 19.1. The van der Waals surface area contributed by atoms with Gasteiger partial charge < -0.3 is 19.5 Å². The van der Waals surface area contributed by atoms with E-state index >= 15 is 0 Å². The van der Waals surface area contributed by atoms with Gasteiger partial charge in [-0.15, -0.1) is 0 Å². The largest absolute Gasteiger partial charge is 0.497 e. The maximum absolute atomic E-state index is 5.51. The van der Waals surface area contributed by atoms with Crippen molar-refractivity contribution >= 4 is 27.9 Å². The van der Waals surface area contributed by atoms with E-state index in [2.05, 4.69) is 85.3 Å². The van der Waals surface area contributed by atoms with Crippen LogP contribution in [-0.2, 0) is 12.7 Å². The van der Waals surface area contributed by atoms with Crippen LogP contribution in [0.25, 0.3) is 27.9 Å². The highest BCUT2D eigenvalue weighted by atomic mass is 16.5. The van der Waals surface area contributed by atoms with Crippen molar-refractivity contribution in [2.45, 2.75) is 33.4 Å². The van der Waals surface area contributed by atoms with E-state index in [0.717, 1.165) is 31.9 Å². The molecule has 0 aliphatic carbocycles. The molecule has 2 aromatic carbocycles. The van der Waals surface area contributed by atoms with Crippen LogP contribution in [-0.4, -0.2) is 42.8 Å². The van der Waals surface area contributed by atoms with Crippen LogP contribution in [0.1, 0.15) is 37.5 Å². The minimum absolute atomic E-state index is 0.308. The Bertz CT molecular complexity index is 1110. The molecule has 0 amide bonds. The normalized spacial score (nSPS) is 18.2. The number of nitrogens with zero attached hydrogens (tertiary/aromatic N) is 2. The van der Waals surface area contributed by atoms with Crippen LogP contribution in [0, 0.1) is 6.92 Å². The number of fused-ring (bicyclic) bond motifs is 4. The molecule has 1 aliphatic rings. The number of hydrogen-bond acceptors (Lipinski definition) is 4. The highest BCUT2D eigenvalue weighted by Gasteiger charge is 2.31. The van der Waals surface area contributed by atoms with Crippen molar-refractivity contribution in [3.8, 4) is 5.75 Å². The first-order chi connectivity index (χ1) is 14.4. The summed E-state index contributed by atoms with van der Waals surface area (Å²) in [5.41, 5.74) is 6.12. The van der Waals surface area contributed by atoms with Crippen LogP contribution in [0.3, 0.4) is 0 Å². The van der Waals surface area contributed by atoms with Gasteiger partial charge in [0.2, 0.25) is 0 Å².